The summed E-state index contributed by atoms with van der Waals surface area (Å²) in [5.74, 6) is -0.718. The number of imide groups is 2. The molecule has 0 radical (unpaired) electrons. The van der Waals surface area contributed by atoms with Crippen LogP contribution in [0.15, 0.2) is 60.7 Å². The Morgan fingerprint density at radius 2 is 1.45 bits per heavy atom. The third-order valence-corrected chi connectivity index (χ3v) is 12.1. The molecule has 1 atom stereocenters. The quantitative estimate of drug-likeness (QED) is 0.248. The fourth-order valence-electron chi connectivity index (χ4n) is 8.60. The first kappa shape index (κ1) is 37.5. The molecule has 13 nitrogen and oxygen atoms in total. The van der Waals surface area contributed by atoms with Crippen molar-refractivity contribution in [1.82, 2.24) is 20.0 Å². The van der Waals surface area contributed by atoms with Gasteiger partial charge in [-0.2, -0.15) is 0 Å². The minimum absolute atomic E-state index is 0.0109. The molecule has 14 heteroatoms. The van der Waals surface area contributed by atoms with Crippen molar-refractivity contribution in [1.29, 1.82) is 0 Å². The Morgan fingerprint density at radius 3 is 2.12 bits per heavy atom. The number of nitrogens with zero attached hydrogens (tertiary/aromatic N) is 6. The molecule has 0 saturated carbocycles. The SMILES string of the molecule is [C-]#[N+]c1ccc(OC2CCN(C(=O)c3ccc(N4CCN(CC5CCN(c6ccc7c(c6)C(=O)N(C6CCC(=O)NC6=O)C7=O)CC5)CC4)cc3)CC2)cc1Cl. The topological polar surface area (TPSA) is 127 Å². The molecular weight excluding hydrogens is 734 g/mol. The Kier molecular flexibility index (Phi) is 10.7. The van der Waals surface area contributed by atoms with E-state index in [-0.39, 0.29) is 30.8 Å². The Morgan fingerprint density at radius 1 is 0.768 bits per heavy atom. The summed E-state index contributed by atoms with van der Waals surface area (Å²) in [4.78, 5) is 77.3. The van der Waals surface area contributed by atoms with Gasteiger partial charge in [0.1, 0.15) is 17.9 Å². The van der Waals surface area contributed by atoms with E-state index in [1.165, 1.54) is 0 Å². The summed E-state index contributed by atoms with van der Waals surface area (Å²) in [6, 6.07) is 17.5. The molecule has 3 aromatic rings. The number of nitrogens with one attached hydrogen (secondary N) is 1. The van der Waals surface area contributed by atoms with E-state index >= 15 is 0 Å². The summed E-state index contributed by atoms with van der Waals surface area (Å²) < 4.78 is 6.09. The zero-order chi connectivity index (χ0) is 38.9. The first-order valence-corrected chi connectivity index (χ1v) is 19.8. The summed E-state index contributed by atoms with van der Waals surface area (Å²) in [5, 5.41) is 2.62. The lowest BCUT2D eigenvalue weighted by molar-refractivity contribution is -0.136. The lowest BCUT2D eigenvalue weighted by atomic mass is 9.95. The van der Waals surface area contributed by atoms with Crippen LogP contribution in [0, 0.1) is 12.5 Å². The number of benzene rings is 3. The van der Waals surface area contributed by atoms with Gasteiger partial charge >= 0.3 is 0 Å². The van der Waals surface area contributed by atoms with Crippen molar-refractivity contribution in [3.8, 4) is 5.75 Å². The number of carbonyl (C=O) groups is 5. The van der Waals surface area contributed by atoms with Crippen LogP contribution in [-0.4, -0.2) is 115 Å². The van der Waals surface area contributed by atoms with E-state index in [0.717, 1.165) is 87.8 Å². The number of piperidine rings is 3. The number of ether oxygens (including phenoxy) is 1. The van der Waals surface area contributed by atoms with Gasteiger partial charge in [0.2, 0.25) is 17.5 Å². The molecule has 8 rings (SSSR count). The number of carbonyl (C=O) groups excluding carboxylic acids is 5. The average molecular weight is 778 g/mol. The number of halogens is 1. The molecule has 0 bridgehead atoms. The van der Waals surface area contributed by atoms with E-state index in [1.54, 1.807) is 30.3 Å². The maximum absolute atomic E-state index is 13.3. The summed E-state index contributed by atoms with van der Waals surface area (Å²) in [6.07, 6.45) is 3.73. The van der Waals surface area contributed by atoms with Gasteiger partial charge in [-0.05, 0) is 79.8 Å². The van der Waals surface area contributed by atoms with Crippen LogP contribution >= 0.6 is 11.6 Å². The molecule has 0 aromatic heterocycles. The average Bonchev–Trinajstić information content (AvgIpc) is 3.46. The normalized spacial score (nSPS) is 21.2. The van der Waals surface area contributed by atoms with Gasteiger partial charge in [0.25, 0.3) is 17.7 Å². The van der Waals surface area contributed by atoms with Crippen LogP contribution in [0.3, 0.4) is 0 Å². The van der Waals surface area contributed by atoms with Gasteiger partial charge in [-0.25, -0.2) is 4.85 Å². The Bertz CT molecular complexity index is 2080. The molecule has 5 heterocycles. The molecule has 0 spiro atoms. The molecule has 5 amide bonds. The van der Waals surface area contributed by atoms with Gasteiger partial charge in [-0.15, -0.1) is 0 Å². The molecule has 4 fully saturated rings. The molecule has 290 valence electrons. The molecule has 1 N–H and O–H groups in total. The van der Waals surface area contributed by atoms with E-state index in [0.29, 0.717) is 52.2 Å². The summed E-state index contributed by atoms with van der Waals surface area (Å²) in [5.41, 5.74) is 3.73. The van der Waals surface area contributed by atoms with Crippen LogP contribution in [0.1, 0.15) is 69.6 Å². The number of amides is 5. The van der Waals surface area contributed by atoms with Gasteiger partial charge in [0.15, 0.2) is 0 Å². The highest BCUT2D eigenvalue weighted by Gasteiger charge is 2.45. The summed E-state index contributed by atoms with van der Waals surface area (Å²) in [6.45, 7) is 14.9. The monoisotopic (exact) mass is 777 g/mol. The third-order valence-electron chi connectivity index (χ3n) is 11.8. The molecule has 56 heavy (non-hydrogen) atoms. The Balaban J connectivity index is 0.767. The number of anilines is 2. The Hall–Kier alpha value is -5.45. The minimum Gasteiger partial charge on any atom is -0.490 e. The number of piperazine rings is 1. The standard InChI is InChI=1S/C42H44ClN7O6/c1-44-36-9-7-32(25-35(36)43)56-31-14-18-49(19-15-31)40(53)28-2-4-29(5-3-28)48-22-20-46(21-23-48)26-27-12-16-47(17-13-27)30-6-8-33-34(24-30)42(55)50(41(33)54)37-10-11-38(51)45-39(37)52/h2-9,24-25,27,31,37H,10-23,26H2,(H,45,51,52). The van der Waals surface area contributed by atoms with E-state index < -0.39 is 23.8 Å². The predicted molar refractivity (Wildman–Crippen MR) is 210 cm³/mol. The van der Waals surface area contributed by atoms with Crippen LogP contribution in [0.4, 0.5) is 17.1 Å². The van der Waals surface area contributed by atoms with Crippen LogP contribution in [0.5, 0.6) is 5.75 Å². The molecule has 5 aliphatic rings. The molecule has 5 aliphatic heterocycles. The highest BCUT2D eigenvalue weighted by atomic mass is 35.5. The van der Waals surface area contributed by atoms with Crippen molar-refractivity contribution in [2.45, 2.75) is 50.7 Å². The summed E-state index contributed by atoms with van der Waals surface area (Å²) >= 11 is 6.16. The highest BCUT2D eigenvalue weighted by molar-refractivity contribution is 6.33. The molecule has 1 unspecified atom stereocenters. The lowest BCUT2D eigenvalue weighted by Gasteiger charge is -2.40. The number of hydrogen-bond donors (Lipinski definition) is 1. The number of rotatable bonds is 8. The van der Waals surface area contributed by atoms with Crippen LogP contribution in [0.25, 0.3) is 4.85 Å². The van der Waals surface area contributed by atoms with Gasteiger partial charge in [0.05, 0.1) is 22.7 Å². The van der Waals surface area contributed by atoms with Crippen molar-refractivity contribution in [3.05, 3.63) is 93.8 Å². The number of likely N-dealkylation sites (tertiary alicyclic amines) is 1. The number of fused-ring (bicyclic) bond motifs is 1. The second-order valence-corrected chi connectivity index (χ2v) is 15.7. The van der Waals surface area contributed by atoms with Crippen molar-refractivity contribution in [2.24, 2.45) is 5.92 Å². The molecule has 0 aliphatic carbocycles. The smallest absolute Gasteiger partial charge is 0.262 e. The van der Waals surface area contributed by atoms with E-state index in [2.05, 4.69) is 37.0 Å². The molecule has 4 saturated heterocycles. The Labute approximate surface area is 330 Å². The van der Waals surface area contributed by atoms with Gasteiger partial charge in [-0.1, -0.05) is 17.7 Å². The van der Waals surface area contributed by atoms with E-state index in [9.17, 15) is 24.0 Å². The molecule has 3 aromatic carbocycles. The van der Waals surface area contributed by atoms with E-state index in [4.69, 9.17) is 22.9 Å². The van der Waals surface area contributed by atoms with Crippen molar-refractivity contribution in [3.63, 3.8) is 0 Å². The molecular formula is C42H44ClN7O6. The second-order valence-electron chi connectivity index (χ2n) is 15.3. The van der Waals surface area contributed by atoms with Crippen molar-refractivity contribution >= 4 is 58.2 Å². The van der Waals surface area contributed by atoms with Crippen molar-refractivity contribution in [2.75, 3.05) is 68.7 Å². The predicted octanol–water partition coefficient (Wildman–Crippen LogP) is 5.01. The minimum atomic E-state index is -0.968. The fourth-order valence-corrected chi connectivity index (χ4v) is 8.81. The van der Waals surface area contributed by atoms with Gasteiger partial charge in [0, 0.05) is 95.1 Å². The third kappa shape index (κ3) is 7.68. The van der Waals surface area contributed by atoms with Crippen LogP contribution < -0.4 is 19.9 Å². The zero-order valence-corrected chi connectivity index (χ0v) is 31.9. The maximum atomic E-state index is 13.3. The fraction of sp³-hybridized carbons (Fsp3) is 0.429. The van der Waals surface area contributed by atoms with E-state index in [1.807, 2.05) is 23.1 Å². The first-order chi connectivity index (χ1) is 27.1. The lowest BCUT2D eigenvalue weighted by Crippen LogP contribution is -2.54. The van der Waals surface area contributed by atoms with Gasteiger partial charge < -0.3 is 19.4 Å². The zero-order valence-electron chi connectivity index (χ0n) is 31.1. The summed E-state index contributed by atoms with van der Waals surface area (Å²) in [7, 11) is 0. The van der Waals surface area contributed by atoms with Crippen LogP contribution in [0.2, 0.25) is 5.02 Å². The van der Waals surface area contributed by atoms with Crippen LogP contribution in [-0.2, 0) is 9.59 Å². The van der Waals surface area contributed by atoms with Gasteiger partial charge in [-0.3, -0.25) is 39.1 Å². The largest absolute Gasteiger partial charge is 0.490 e. The first-order valence-electron chi connectivity index (χ1n) is 19.5. The number of hydrogen-bond acceptors (Lipinski definition) is 9. The second kappa shape index (κ2) is 16.0. The highest BCUT2D eigenvalue weighted by Crippen LogP contribution is 2.33. The maximum Gasteiger partial charge on any atom is 0.262 e. The van der Waals surface area contributed by atoms with Crippen molar-refractivity contribution < 1.29 is 28.7 Å².